The topological polar surface area (TPSA) is 30.2 Å². The van der Waals surface area contributed by atoms with E-state index < -0.39 is 0 Å². The minimum Gasteiger partial charge on any atom is -0.261 e. The summed E-state index contributed by atoms with van der Waals surface area (Å²) in [5.74, 6) is 0.314. The van der Waals surface area contributed by atoms with Gasteiger partial charge in [-0.05, 0) is 12.3 Å². The van der Waals surface area contributed by atoms with E-state index in [1.807, 2.05) is 12.3 Å². The van der Waals surface area contributed by atoms with Crippen molar-refractivity contribution in [3.63, 3.8) is 0 Å². The predicted octanol–water partition coefficient (Wildman–Crippen LogP) is 2.84. The third kappa shape index (κ3) is 1.47. The van der Waals surface area contributed by atoms with Gasteiger partial charge in [-0.3, -0.25) is 4.40 Å². The van der Waals surface area contributed by atoms with Crippen molar-refractivity contribution in [2.24, 2.45) is 0 Å². The minimum atomic E-state index is 0.314. The Kier molecular flexibility index (Phi) is 2.85. The highest BCUT2D eigenvalue weighted by molar-refractivity contribution is 7.98. The lowest BCUT2D eigenvalue weighted by atomic mass is 10.6. The van der Waals surface area contributed by atoms with Crippen molar-refractivity contribution in [1.82, 2.24) is 14.4 Å². The molecule has 0 unspecified atom stereocenters. The van der Waals surface area contributed by atoms with Crippen molar-refractivity contribution in [3.05, 3.63) is 23.1 Å². The molecule has 0 fully saturated rings. The van der Waals surface area contributed by atoms with E-state index in [2.05, 4.69) is 9.97 Å². The average Bonchev–Trinajstić information content (AvgIpc) is 2.55. The normalized spacial score (nSPS) is 11.1. The Bertz CT molecular complexity index is 469. The van der Waals surface area contributed by atoms with E-state index in [4.69, 9.17) is 23.2 Å². The maximum Gasteiger partial charge on any atom is 0.174 e. The van der Waals surface area contributed by atoms with Crippen molar-refractivity contribution in [3.8, 4) is 0 Å². The number of halogens is 2. The lowest BCUT2D eigenvalue weighted by Crippen LogP contribution is -1.92. The quantitative estimate of drug-likeness (QED) is 0.465. The Morgan fingerprint density at radius 3 is 3.00 bits per heavy atom. The van der Waals surface area contributed by atoms with Crippen LogP contribution in [0.5, 0.6) is 0 Å². The monoisotopic (exact) mass is 247 g/mol. The molecule has 2 aromatic heterocycles. The third-order valence-electron chi connectivity index (χ3n) is 1.82. The van der Waals surface area contributed by atoms with Gasteiger partial charge in [-0.15, -0.1) is 11.6 Å². The first-order valence-corrected chi connectivity index (χ1v) is 6.03. The van der Waals surface area contributed by atoms with E-state index in [1.54, 1.807) is 10.6 Å². The molecule has 2 rings (SSSR count). The highest BCUT2D eigenvalue weighted by atomic mass is 35.5. The number of hydrogen-bond acceptors (Lipinski definition) is 3. The molecule has 0 amide bonds. The van der Waals surface area contributed by atoms with Crippen molar-refractivity contribution in [2.45, 2.75) is 11.0 Å². The van der Waals surface area contributed by atoms with Crippen LogP contribution in [0.3, 0.4) is 0 Å². The van der Waals surface area contributed by atoms with E-state index in [0.717, 1.165) is 10.8 Å². The molecule has 0 aliphatic rings. The van der Waals surface area contributed by atoms with Gasteiger partial charge in [-0.1, -0.05) is 23.4 Å². The van der Waals surface area contributed by atoms with Gasteiger partial charge in [0.25, 0.3) is 0 Å². The van der Waals surface area contributed by atoms with Crippen LogP contribution in [-0.2, 0) is 5.88 Å². The Balaban J connectivity index is 2.79. The molecule has 0 bridgehead atoms. The minimum absolute atomic E-state index is 0.314. The maximum atomic E-state index is 6.10. The zero-order chi connectivity index (χ0) is 10.1. The SMILES string of the molecule is CSc1nccc2nc(CCl)c(Cl)n12. The molecule has 3 nitrogen and oxygen atoms in total. The standard InChI is InChI=1S/C8H7Cl2N3S/c1-14-8-11-3-2-6-12-5(4-9)7(10)13(6)8/h2-3H,4H2,1H3. The van der Waals surface area contributed by atoms with Crippen molar-refractivity contribution in [2.75, 3.05) is 6.26 Å². The zero-order valence-electron chi connectivity index (χ0n) is 7.37. The van der Waals surface area contributed by atoms with E-state index in [0.29, 0.717) is 16.7 Å². The Labute approximate surface area is 95.4 Å². The summed E-state index contributed by atoms with van der Waals surface area (Å²) in [6, 6.07) is 1.81. The summed E-state index contributed by atoms with van der Waals surface area (Å²) in [5, 5.41) is 1.36. The first kappa shape index (κ1) is 10.1. The summed E-state index contributed by atoms with van der Waals surface area (Å²) in [4.78, 5) is 8.48. The molecule has 0 spiro atoms. The molecule has 14 heavy (non-hydrogen) atoms. The van der Waals surface area contributed by atoms with Crippen LogP contribution in [-0.4, -0.2) is 20.6 Å². The number of rotatable bonds is 2. The van der Waals surface area contributed by atoms with Gasteiger partial charge in [-0.25, -0.2) is 9.97 Å². The predicted molar refractivity (Wildman–Crippen MR) is 59.3 cm³/mol. The van der Waals surface area contributed by atoms with E-state index in [-0.39, 0.29) is 0 Å². The molecule has 0 saturated heterocycles. The molecular weight excluding hydrogens is 241 g/mol. The summed E-state index contributed by atoms with van der Waals surface area (Å²) in [5.41, 5.74) is 1.47. The van der Waals surface area contributed by atoms with Gasteiger partial charge >= 0.3 is 0 Å². The van der Waals surface area contributed by atoms with Crippen LogP contribution in [0.4, 0.5) is 0 Å². The number of thioether (sulfide) groups is 1. The number of aromatic nitrogens is 3. The van der Waals surface area contributed by atoms with Gasteiger partial charge in [0, 0.05) is 6.20 Å². The van der Waals surface area contributed by atoms with Crippen LogP contribution in [0, 0.1) is 0 Å². The van der Waals surface area contributed by atoms with Crippen LogP contribution in [0.2, 0.25) is 5.15 Å². The summed E-state index contributed by atoms with van der Waals surface area (Å²) in [6.07, 6.45) is 3.65. The molecule has 2 heterocycles. The van der Waals surface area contributed by atoms with Gasteiger partial charge in [0.05, 0.1) is 11.6 Å². The maximum absolute atomic E-state index is 6.10. The Hall–Kier alpha value is -0.450. The molecule has 0 radical (unpaired) electrons. The Morgan fingerprint density at radius 2 is 2.36 bits per heavy atom. The second-order valence-corrected chi connectivity index (χ2v) is 4.01. The second-order valence-electron chi connectivity index (χ2n) is 2.61. The molecule has 0 aliphatic carbocycles. The van der Waals surface area contributed by atoms with Gasteiger partial charge in [-0.2, -0.15) is 0 Å². The lowest BCUT2D eigenvalue weighted by molar-refractivity contribution is 0.905. The van der Waals surface area contributed by atoms with Crippen LogP contribution < -0.4 is 0 Å². The number of nitrogens with zero attached hydrogens (tertiary/aromatic N) is 3. The van der Waals surface area contributed by atoms with Crippen LogP contribution in [0.1, 0.15) is 5.69 Å². The number of imidazole rings is 1. The van der Waals surface area contributed by atoms with Crippen LogP contribution in [0.15, 0.2) is 17.4 Å². The van der Waals surface area contributed by atoms with Crippen LogP contribution >= 0.6 is 35.0 Å². The smallest absolute Gasteiger partial charge is 0.174 e. The number of hydrogen-bond donors (Lipinski definition) is 0. The Morgan fingerprint density at radius 1 is 1.57 bits per heavy atom. The first-order chi connectivity index (χ1) is 6.77. The molecule has 2 aromatic rings. The summed E-state index contributed by atoms with van der Waals surface area (Å²) in [7, 11) is 0. The van der Waals surface area contributed by atoms with Gasteiger partial charge < -0.3 is 0 Å². The molecular formula is C8H7Cl2N3S. The van der Waals surface area contributed by atoms with Crippen molar-refractivity contribution < 1.29 is 0 Å². The lowest BCUT2D eigenvalue weighted by Gasteiger charge is -2.00. The van der Waals surface area contributed by atoms with Gasteiger partial charge in [0.1, 0.15) is 10.8 Å². The molecule has 0 atom stereocenters. The highest BCUT2D eigenvalue weighted by Gasteiger charge is 2.11. The molecule has 0 saturated carbocycles. The number of alkyl halides is 1. The van der Waals surface area contributed by atoms with Crippen molar-refractivity contribution in [1.29, 1.82) is 0 Å². The molecule has 6 heteroatoms. The molecule has 0 N–H and O–H groups in total. The summed E-state index contributed by atoms with van der Waals surface area (Å²) < 4.78 is 1.80. The molecule has 74 valence electrons. The largest absolute Gasteiger partial charge is 0.261 e. The summed E-state index contributed by atoms with van der Waals surface area (Å²) in [6.45, 7) is 0. The third-order valence-corrected chi connectivity index (χ3v) is 3.12. The van der Waals surface area contributed by atoms with E-state index in [1.165, 1.54) is 11.8 Å². The molecule has 0 aromatic carbocycles. The average molecular weight is 248 g/mol. The van der Waals surface area contributed by atoms with Gasteiger partial charge in [0.15, 0.2) is 5.16 Å². The zero-order valence-corrected chi connectivity index (χ0v) is 9.70. The fourth-order valence-corrected chi connectivity index (χ4v) is 2.33. The van der Waals surface area contributed by atoms with Crippen molar-refractivity contribution >= 4 is 40.6 Å². The highest BCUT2D eigenvalue weighted by Crippen LogP contribution is 2.24. The fraction of sp³-hybridized carbons (Fsp3) is 0.250. The van der Waals surface area contributed by atoms with E-state index in [9.17, 15) is 0 Å². The summed E-state index contributed by atoms with van der Waals surface area (Å²) >= 11 is 13.3. The van der Waals surface area contributed by atoms with E-state index >= 15 is 0 Å². The first-order valence-electron chi connectivity index (χ1n) is 3.89. The van der Waals surface area contributed by atoms with Crippen LogP contribution in [0.25, 0.3) is 5.65 Å². The molecule has 0 aliphatic heterocycles. The fourth-order valence-electron chi connectivity index (χ4n) is 1.21. The number of fused-ring (bicyclic) bond motifs is 1. The van der Waals surface area contributed by atoms with Gasteiger partial charge in [0.2, 0.25) is 0 Å². The second kappa shape index (κ2) is 3.96.